The van der Waals surface area contributed by atoms with Crippen LogP contribution >= 0.6 is 0 Å². The molecule has 0 aliphatic rings. The molecular weight excluding hydrogens is 184 g/mol. The summed E-state index contributed by atoms with van der Waals surface area (Å²) in [6.45, 7) is 0. The Labute approximate surface area is 72.5 Å². The molecule has 0 aromatic heterocycles. The summed E-state index contributed by atoms with van der Waals surface area (Å²) in [5, 5.41) is 26.7. The quantitative estimate of drug-likeness (QED) is 0.428. The Morgan fingerprint density at radius 2 is 1.92 bits per heavy atom. The van der Waals surface area contributed by atoms with E-state index >= 15 is 0 Å². The molecule has 1 unspecified atom stereocenters. The van der Waals surface area contributed by atoms with Crippen LogP contribution in [0.2, 0.25) is 0 Å². The minimum Gasteiger partial charge on any atom is -0.389 e. The van der Waals surface area contributed by atoms with Gasteiger partial charge in [0.15, 0.2) is 6.29 Å². The van der Waals surface area contributed by atoms with E-state index in [4.69, 9.17) is 15.3 Å². The molecule has 3 N–H and O–H groups in total. The maximum absolute atomic E-state index is 10.5. The molecule has 0 radical (unpaired) electrons. The van der Waals surface area contributed by atoms with Crippen LogP contribution in [0.15, 0.2) is 0 Å². The van der Waals surface area contributed by atoms with E-state index in [0.29, 0.717) is 0 Å². The van der Waals surface area contributed by atoms with Crippen LogP contribution in [0.1, 0.15) is 0 Å². The lowest BCUT2D eigenvalue weighted by Gasteiger charge is -2.17. The molecule has 72 valence electrons. The van der Waals surface area contributed by atoms with Crippen LogP contribution in [0, 0.1) is 0 Å². The Hall–Kier alpha value is -0.300. The summed E-state index contributed by atoms with van der Waals surface area (Å²) in [6.07, 6.45) is -3.05. The van der Waals surface area contributed by atoms with Crippen molar-refractivity contribution in [2.75, 3.05) is 12.0 Å². The number of carbonyl (C=O) groups is 1. The standard InChI is InChI=1S/C6H12O5S/c1-12(11)3-5(9)6(10)4(8)2-7/h2,4-6,8-10H,3H2,1H3/t4-,5+,6-,12?/m0/s1. The Kier molecular flexibility index (Phi) is 5.23. The lowest BCUT2D eigenvalue weighted by atomic mass is 10.1. The van der Waals surface area contributed by atoms with Gasteiger partial charge in [-0.2, -0.15) is 0 Å². The number of aldehydes is 1. The van der Waals surface area contributed by atoms with E-state index in [1.54, 1.807) is 0 Å². The lowest BCUT2D eigenvalue weighted by molar-refractivity contribution is -0.124. The first kappa shape index (κ1) is 11.7. The van der Waals surface area contributed by atoms with Crippen molar-refractivity contribution in [3.05, 3.63) is 0 Å². The van der Waals surface area contributed by atoms with Gasteiger partial charge < -0.3 is 20.1 Å². The van der Waals surface area contributed by atoms with Crippen molar-refractivity contribution in [2.45, 2.75) is 18.3 Å². The molecule has 0 saturated heterocycles. The van der Waals surface area contributed by atoms with Gasteiger partial charge in [0.2, 0.25) is 0 Å². The number of aliphatic hydroxyl groups is 3. The average Bonchev–Trinajstić information content (AvgIpc) is 2.00. The second-order valence-electron chi connectivity index (χ2n) is 2.42. The van der Waals surface area contributed by atoms with Crippen molar-refractivity contribution in [3.63, 3.8) is 0 Å². The highest BCUT2D eigenvalue weighted by Gasteiger charge is 2.24. The maximum Gasteiger partial charge on any atom is 0.151 e. The van der Waals surface area contributed by atoms with Crippen molar-refractivity contribution in [2.24, 2.45) is 0 Å². The number of carbonyl (C=O) groups excluding carboxylic acids is 1. The second-order valence-corrected chi connectivity index (χ2v) is 3.90. The molecule has 0 aromatic rings. The van der Waals surface area contributed by atoms with Crippen LogP contribution < -0.4 is 0 Å². The number of aliphatic hydroxyl groups excluding tert-OH is 3. The summed E-state index contributed by atoms with van der Waals surface area (Å²) in [5.74, 6) is -0.161. The van der Waals surface area contributed by atoms with E-state index in [1.165, 1.54) is 6.26 Å². The predicted molar refractivity (Wildman–Crippen MR) is 43.0 cm³/mol. The fourth-order valence-corrected chi connectivity index (χ4v) is 1.33. The molecule has 0 aromatic carbocycles. The van der Waals surface area contributed by atoms with E-state index in [9.17, 15) is 9.00 Å². The molecule has 12 heavy (non-hydrogen) atoms. The van der Waals surface area contributed by atoms with Crippen LogP contribution in [-0.2, 0) is 15.6 Å². The molecule has 0 saturated carbocycles. The largest absolute Gasteiger partial charge is 0.389 e. The Bertz CT molecular complexity index is 171. The van der Waals surface area contributed by atoms with Crippen LogP contribution in [-0.4, -0.2) is 56.1 Å². The highest BCUT2D eigenvalue weighted by Crippen LogP contribution is 1.99. The van der Waals surface area contributed by atoms with E-state index in [-0.39, 0.29) is 12.0 Å². The minimum absolute atomic E-state index is 0.118. The van der Waals surface area contributed by atoms with Crippen molar-refractivity contribution in [1.82, 2.24) is 0 Å². The Morgan fingerprint density at radius 3 is 2.25 bits per heavy atom. The number of rotatable bonds is 5. The molecule has 0 bridgehead atoms. The molecule has 0 aliphatic carbocycles. The Balaban J connectivity index is 3.99. The van der Waals surface area contributed by atoms with Crippen molar-refractivity contribution in [3.8, 4) is 0 Å². The van der Waals surface area contributed by atoms with Gasteiger partial charge in [0.25, 0.3) is 0 Å². The van der Waals surface area contributed by atoms with Crippen LogP contribution in [0.4, 0.5) is 0 Å². The molecule has 6 heteroatoms. The van der Waals surface area contributed by atoms with Gasteiger partial charge in [0, 0.05) is 17.1 Å². The Morgan fingerprint density at radius 1 is 1.42 bits per heavy atom. The topological polar surface area (TPSA) is 94.8 Å². The molecular formula is C6H12O5S. The van der Waals surface area contributed by atoms with Gasteiger partial charge in [-0.1, -0.05) is 0 Å². The average molecular weight is 196 g/mol. The van der Waals surface area contributed by atoms with Gasteiger partial charge >= 0.3 is 0 Å². The molecule has 0 aliphatic heterocycles. The lowest BCUT2D eigenvalue weighted by Crippen LogP contribution is -2.41. The van der Waals surface area contributed by atoms with Crippen molar-refractivity contribution in [1.29, 1.82) is 0 Å². The first-order valence-corrected chi connectivity index (χ1v) is 5.01. The van der Waals surface area contributed by atoms with Gasteiger partial charge in [-0.25, -0.2) is 0 Å². The zero-order chi connectivity index (χ0) is 9.72. The minimum atomic E-state index is -1.62. The fraction of sp³-hybridized carbons (Fsp3) is 0.833. The highest BCUT2D eigenvalue weighted by atomic mass is 32.2. The van der Waals surface area contributed by atoms with E-state index < -0.39 is 29.1 Å². The van der Waals surface area contributed by atoms with Crippen molar-refractivity contribution >= 4 is 17.1 Å². The van der Waals surface area contributed by atoms with Gasteiger partial charge in [0.1, 0.15) is 12.2 Å². The van der Waals surface area contributed by atoms with Crippen LogP contribution in [0.3, 0.4) is 0 Å². The third-order valence-electron chi connectivity index (χ3n) is 1.29. The maximum atomic E-state index is 10.5. The molecule has 0 amide bonds. The van der Waals surface area contributed by atoms with E-state index in [0.717, 1.165) is 0 Å². The third kappa shape index (κ3) is 3.91. The highest BCUT2D eigenvalue weighted by molar-refractivity contribution is 7.84. The zero-order valence-corrected chi connectivity index (χ0v) is 7.40. The SMILES string of the molecule is CS(=O)C[C@@H](O)[C@@H](O)[C@@H](O)C=O. The normalized spacial score (nSPS) is 21.0. The summed E-state index contributed by atoms with van der Waals surface area (Å²) < 4.78 is 10.5. The molecule has 0 fully saturated rings. The summed E-state index contributed by atoms with van der Waals surface area (Å²) in [6, 6.07) is 0. The van der Waals surface area contributed by atoms with Crippen molar-refractivity contribution < 1.29 is 24.3 Å². The zero-order valence-electron chi connectivity index (χ0n) is 6.58. The second kappa shape index (κ2) is 5.36. The first-order chi connectivity index (χ1) is 5.49. The predicted octanol–water partition coefficient (Wildman–Crippen LogP) is -2.35. The first-order valence-electron chi connectivity index (χ1n) is 3.28. The summed E-state index contributed by atoms with van der Waals surface area (Å²) in [7, 11) is -1.27. The van der Waals surface area contributed by atoms with E-state index in [2.05, 4.69) is 0 Å². The number of hydrogen-bond donors (Lipinski definition) is 3. The van der Waals surface area contributed by atoms with Gasteiger partial charge in [-0.05, 0) is 0 Å². The molecule has 5 nitrogen and oxygen atoms in total. The summed E-state index contributed by atoms with van der Waals surface area (Å²) in [5.41, 5.74) is 0. The number of hydrogen-bond acceptors (Lipinski definition) is 5. The van der Waals surface area contributed by atoms with Gasteiger partial charge in [-0.3, -0.25) is 4.21 Å². The van der Waals surface area contributed by atoms with Crippen LogP contribution in [0.5, 0.6) is 0 Å². The monoisotopic (exact) mass is 196 g/mol. The summed E-state index contributed by atoms with van der Waals surface area (Å²) in [4.78, 5) is 9.94. The molecule has 4 atom stereocenters. The third-order valence-corrected chi connectivity index (χ3v) is 2.10. The van der Waals surface area contributed by atoms with E-state index in [1.807, 2.05) is 0 Å². The van der Waals surface area contributed by atoms with Gasteiger partial charge in [-0.15, -0.1) is 0 Å². The van der Waals surface area contributed by atoms with Crippen LogP contribution in [0.25, 0.3) is 0 Å². The molecule has 0 rings (SSSR count). The molecule has 0 spiro atoms. The van der Waals surface area contributed by atoms with Gasteiger partial charge in [0.05, 0.1) is 11.9 Å². The fourth-order valence-electron chi connectivity index (χ4n) is 0.647. The smallest absolute Gasteiger partial charge is 0.151 e. The summed E-state index contributed by atoms with van der Waals surface area (Å²) >= 11 is 0. The molecule has 0 heterocycles.